The van der Waals surface area contributed by atoms with Gasteiger partial charge in [-0.15, -0.1) is 5.10 Å². The van der Waals surface area contributed by atoms with Gasteiger partial charge in [-0.1, -0.05) is 12.1 Å². The average molecular weight is 540 g/mol. The first-order valence-electron chi connectivity index (χ1n) is 19.4. The van der Waals surface area contributed by atoms with Gasteiger partial charge < -0.3 is 39.0 Å². The number of aliphatic hydroxyl groups excluding tert-OH is 3. The fourth-order valence-corrected chi connectivity index (χ4v) is 3.41. The minimum Gasteiger partial charge on any atom is -0.491 e. The molecule has 0 saturated carbocycles. The van der Waals surface area contributed by atoms with Gasteiger partial charge in [0.1, 0.15) is 36.8 Å². The molecule has 0 amide bonds. The van der Waals surface area contributed by atoms with Crippen molar-refractivity contribution in [3.63, 3.8) is 0 Å². The number of ether oxygens (including phenoxy) is 5. The van der Waals surface area contributed by atoms with Crippen LogP contribution in [0.3, 0.4) is 0 Å². The molecule has 3 N–H and O–H groups in total. The summed E-state index contributed by atoms with van der Waals surface area (Å²) < 4.78 is 160. The second kappa shape index (κ2) is 12.6. The summed E-state index contributed by atoms with van der Waals surface area (Å²) in [7, 11) is 0. The second-order valence-corrected chi connectivity index (χ2v) is 7.77. The lowest BCUT2D eigenvalue weighted by molar-refractivity contribution is -0.278. The van der Waals surface area contributed by atoms with Crippen molar-refractivity contribution < 1.29 is 67.1 Å². The van der Waals surface area contributed by atoms with Crippen LogP contribution in [0.2, 0.25) is 0 Å². The van der Waals surface area contributed by atoms with Gasteiger partial charge >= 0.3 is 6.16 Å². The molecule has 0 bridgehead atoms. The molecule has 0 aliphatic carbocycles. The zero-order valence-electron chi connectivity index (χ0n) is 36.5. The van der Waals surface area contributed by atoms with Gasteiger partial charge in [0, 0.05) is 44.3 Å². The van der Waals surface area contributed by atoms with Crippen LogP contribution in [0, 0.1) is 6.85 Å². The molecular formula is C26H38N2O9. The molecule has 206 valence electrons. The number of carbonyl (C=O) groups excluding carboxylic acids is 1. The Morgan fingerprint density at radius 2 is 1.89 bits per heavy atom. The summed E-state index contributed by atoms with van der Waals surface area (Å²) in [6.45, 7) is -17.3. The molecule has 2 aromatic rings. The lowest BCUT2D eigenvalue weighted by Crippen LogP contribution is -2.60. The molecule has 1 fully saturated rings. The van der Waals surface area contributed by atoms with E-state index in [0.717, 1.165) is 24.3 Å². The first-order chi connectivity index (χ1) is 24.3. The van der Waals surface area contributed by atoms with Crippen molar-refractivity contribution in [2.45, 2.75) is 90.4 Å². The Bertz CT molecular complexity index is 1580. The normalized spacial score (nSPS) is 32.9. The maximum atomic E-state index is 11.7. The maximum absolute atomic E-state index is 11.7. The van der Waals surface area contributed by atoms with E-state index in [1.807, 2.05) is 0 Å². The molecule has 2 heterocycles. The van der Waals surface area contributed by atoms with Crippen LogP contribution in [-0.2, 0) is 20.6 Å². The van der Waals surface area contributed by atoms with E-state index in [1.165, 1.54) is 6.92 Å². The predicted octanol–water partition coefficient (Wildman–Crippen LogP) is 2.51. The molecule has 3 rings (SSSR count). The van der Waals surface area contributed by atoms with E-state index < -0.39 is 119 Å². The summed E-state index contributed by atoms with van der Waals surface area (Å²) in [5.41, 5.74) is -1.69. The standard InChI is InChI=1S/C26H38N2O9/c1-7-33-26(32)34-13-20-21(29)22(30)23(31)25(36-20)37-24-19(16(6)28(27-24)14(2)3)12-17-8-10-18(11-9-17)35-15(4)5/h8-11,14-15,20-23,25,29-31H,7,12-13H2,1-6H3/t20-,21-,22+,23-,25+/m1/s1/i2D3,3D3,4D3,5D3,6D3,14D,15D. The highest BCUT2D eigenvalue weighted by molar-refractivity contribution is 5.59. The Kier molecular flexibility index (Phi) is 4.52. The number of benzene rings is 1. The number of hydrogen-bond acceptors (Lipinski definition) is 10. The van der Waals surface area contributed by atoms with Gasteiger partial charge in [-0.05, 0) is 58.9 Å². The van der Waals surface area contributed by atoms with E-state index in [0.29, 0.717) is 0 Å². The molecule has 1 aromatic heterocycles. The molecule has 0 spiro atoms. The van der Waals surface area contributed by atoms with Crippen LogP contribution in [-0.4, -0.2) is 81.3 Å². The smallest absolute Gasteiger partial charge is 0.491 e. The van der Waals surface area contributed by atoms with Gasteiger partial charge in [-0.2, -0.15) is 0 Å². The summed E-state index contributed by atoms with van der Waals surface area (Å²) in [4.78, 5) is 11.7. The van der Waals surface area contributed by atoms with Crippen LogP contribution in [0.15, 0.2) is 24.3 Å². The summed E-state index contributed by atoms with van der Waals surface area (Å²) >= 11 is 0. The van der Waals surface area contributed by atoms with Gasteiger partial charge in [0.2, 0.25) is 12.2 Å². The molecular weight excluding hydrogens is 484 g/mol. The highest BCUT2D eigenvalue weighted by Crippen LogP contribution is 2.31. The zero-order chi connectivity index (χ0) is 41.6. The molecule has 1 aromatic carbocycles. The van der Waals surface area contributed by atoms with E-state index in [1.54, 1.807) is 0 Å². The van der Waals surface area contributed by atoms with Crippen LogP contribution in [0.4, 0.5) is 4.79 Å². The molecule has 0 unspecified atom stereocenters. The number of nitrogens with zero attached hydrogens (tertiary/aromatic N) is 2. The summed E-state index contributed by atoms with van der Waals surface area (Å²) in [6.07, 6.45) is -15.1. The number of aromatic nitrogens is 2. The van der Waals surface area contributed by atoms with Crippen LogP contribution in [0.25, 0.3) is 0 Å². The number of carbonyl (C=O) groups is 1. The first-order valence-corrected chi connectivity index (χ1v) is 10.9. The number of aliphatic hydroxyl groups is 3. The fraction of sp³-hybridized carbons (Fsp3) is 0.615. The van der Waals surface area contributed by atoms with Gasteiger partial charge in [-0.3, -0.25) is 4.68 Å². The van der Waals surface area contributed by atoms with Crippen molar-refractivity contribution in [1.29, 1.82) is 0 Å². The van der Waals surface area contributed by atoms with Gasteiger partial charge in [0.05, 0.1) is 15.4 Å². The minimum absolute atomic E-state index is 0.0511. The number of hydrogen-bond donors (Lipinski definition) is 3. The van der Waals surface area contributed by atoms with E-state index in [-0.39, 0.29) is 16.9 Å². The lowest BCUT2D eigenvalue weighted by Gasteiger charge is -2.39. The van der Waals surface area contributed by atoms with Gasteiger partial charge in [-0.25, -0.2) is 4.79 Å². The molecule has 11 heteroatoms. The van der Waals surface area contributed by atoms with Crippen molar-refractivity contribution in [1.82, 2.24) is 9.78 Å². The topological polar surface area (TPSA) is 142 Å². The van der Waals surface area contributed by atoms with Gasteiger partial charge in [0.25, 0.3) is 0 Å². The average Bonchev–Trinajstić information content (AvgIpc) is 3.37. The molecule has 1 saturated heterocycles. The number of rotatable bonds is 10. The largest absolute Gasteiger partial charge is 0.508 e. The summed E-state index contributed by atoms with van der Waals surface area (Å²) in [5, 5.41) is 35.6. The molecule has 37 heavy (non-hydrogen) atoms. The Morgan fingerprint density at radius 1 is 1.14 bits per heavy atom. The van der Waals surface area contributed by atoms with Gasteiger partial charge in [0.15, 0.2) is 0 Å². The van der Waals surface area contributed by atoms with E-state index in [4.69, 9.17) is 42.3 Å². The quantitative estimate of drug-likeness (QED) is 0.386. The molecule has 11 nitrogen and oxygen atoms in total. The highest BCUT2D eigenvalue weighted by Gasteiger charge is 2.46. The third-order valence-electron chi connectivity index (χ3n) is 5.21. The zero-order valence-corrected chi connectivity index (χ0v) is 19.5. The lowest BCUT2D eigenvalue weighted by atomic mass is 9.99. The van der Waals surface area contributed by atoms with Crippen molar-refractivity contribution in [2.24, 2.45) is 0 Å². The highest BCUT2D eigenvalue weighted by atomic mass is 16.7. The van der Waals surface area contributed by atoms with Crippen LogP contribution >= 0.6 is 0 Å². The molecule has 1 aliphatic rings. The summed E-state index contributed by atoms with van der Waals surface area (Å²) in [6, 6.07) is 0.549. The Labute approximate surface area is 240 Å². The van der Waals surface area contributed by atoms with Crippen molar-refractivity contribution in [2.75, 3.05) is 13.2 Å². The van der Waals surface area contributed by atoms with Crippen molar-refractivity contribution >= 4 is 6.16 Å². The summed E-state index contributed by atoms with van der Waals surface area (Å²) in [5.74, 6) is -1.36. The maximum Gasteiger partial charge on any atom is 0.508 e. The third kappa shape index (κ3) is 7.13. The van der Waals surface area contributed by atoms with Crippen molar-refractivity contribution in [3.8, 4) is 11.6 Å². The van der Waals surface area contributed by atoms with Crippen LogP contribution < -0.4 is 9.47 Å². The van der Waals surface area contributed by atoms with E-state index in [9.17, 15) is 20.1 Å². The molecule has 5 atom stereocenters. The van der Waals surface area contributed by atoms with E-state index >= 15 is 0 Å². The predicted molar refractivity (Wildman–Crippen MR) is 133 cm³/mol. The second-order valence-electron chi connectivity index (χ2n) is 7.77. The monoisotopic (exact) mass is 539 g/mol. The Morgan fingerprint density at radius 3 is 2.54 bits per heavy atom. The van der Waals surface area contributed by atoms with E-state index in [2.05, 4.69) is 9.84 Å². The van der Waals surface area contributed by atoms with Crippen LogP contribution in [0.5, 0.6) is 11.6 Å². The minimum atomic E-state index is -3.79. The molecule has 1 aliphatic heterocycles. The SMILES string of the molecule is [2H]C([2H])([2H])c1c(Cc2ccc(OC([2H])(C([2H])([2H])[2H])C([2H])([2H])[2H])cc2)c(O[C@@H]2O[C@H](COC(=O)OCC)[C@@H](O)[C@H](O)[C@H]2O)nn1C([2H])(C([2H])([2H])[2H])C([2H])([2H])[2H]. The Hall–Kier alpha value is -2.86. The van der Waals surface area contributed by atoms with Crippen LogP contribution in [0.1, 0.15) is 80.5 Å². The fourth-order valence-electron chi connectivity index (χ4n) is 3.41. The Balaban J connectivity index is 2.21. The third-order valence-corrected chi connectivity index (χ3v) is 5.21. The first kappa shape index (κ1) is 13.3. The molecule has 0 radical (unpaired) electrons. The van der Waals surface area contributed by atoms with Crippen molar-refractivity contribution in [3.05, 3.63) is 41.1 Å².